The van der Waals surface area contributed by atoms with E-state index in [0.717, 1.165) is 17.4 Å². The summed E-state index contributed by atoms with van der Waals surface area (Å²) in [7, 11) is -7.65. The molecule has 146 valence electrons. The molecule has 2 N–H and O–H groups in total. The number of sulfonamides is 2. The smallest absolute Gasteiger partial charge is 0.293 e. The Bertz CT molecular complexity index is 1060. The van der Waals surface area contributed by atoms with Gasteiger partial charge in [-0.1, -0.05) is 6.07 Å². The Kier molecular flexibility index (Phi) is 5.22. The first-order chi connectivity index (χ1) is 12.6. The van der Waals surface area contributed by atoms with Crippen molar-refractivity contribution >= 4 is 42.8 Å². The van der Waals surface area contributed by atoms with Crippen LogP contribution in [0.3, 0.4) is 0 Å². The van der Waals surface area contributed by atoms with Crippen molar-refractivity contribution in [3.8, 4) is 0 Å². The van der Waals surface area contributed by atoms with E-state index in [-0.39, 0.29) is 41.0 Å². The second kappa shape index (κ2) is 7.16. The fourth-order valence-electron chi connectivity index (χ4n) is 2.80. The lowest BCUT2D eigenvalue weighted by atomic mass is 10.2. The van der Waals surface area contributed by atoms with E-state index in [9.17, 15) is 26.9 Å². The summed E-state index contributed by atoms with van der Waals surface area (Å²) in [6, 6.07) is 6.63. The lowest BCUT2D eigenvalue weighted by Crippen LogP contribution is -2.48. The number of anilines is 1. The molecule has 1 fully saturated rings. The first kappa shape index (κ1) is 19.7. The molecule has 10 nitrogen and oxygen atoms in total. The number of primary sulfonamides is 1. The Morgan fingerprint density at radius 2 is 1.74 bits per heavy atom. The van der Waals surface area contributed by atoms with E-state index in [2.05, 4.69) is 0 Å². The highest BCUT2D eigenvalue weighted by Crippen LogP contribution is 2.32. The van der Waals surface area contributed by atoms with Crippen LogP contribution in [0.25, 0.3) is 0 Å². The number of hydrogen-bond donors (Lipinski definition) is 1. The van der Waals surface area contributed by atoms with Crippen molar-refractivity contribution < 1.29 is 21.8 Å². The zero-order chi connectivity index (χ0) is 19.8. The standard InChI is InChI=1S/C14H16N4O6S3/c15-26(21,22)11-3-4-12(13(10-11)18(19)20)16-5-7-17(8-6-16)27(23,24)14-2-1-9-25-14/h1-4,9-10H,5-8H2,(H2,15,21,22). The molecule has 1 aromatic carbocycles. The van der Waals surface area contributed by atoms with Gasteiger partial charge < -0.3 is 4.90 Å². The lowest BCUT2D eigenvalue weighted by molar-refractivity contribution is -0.384. The monoisotopic (exact) mass is 432 g/mol. The predicted molar refractivity (Wildman–Crippen MR) is 99.8 cm³/mol. The molecule has 0 spiro atoms. The number of hydrogen-bond acceptors (Lipinski definition) is 8. The third-order valence-electron chi connectivity index (χ3n) is 4.14. The van der Waals surface area contributed by atoms with Crippen LogP contribution in [-0.2, 0) is 20.0 Å². The van der Waals surface area contributed by atoms with Gasteiger partial charge in [-0.3, -0.25) is 10.1 Å². The minimum absolute atomic E-state index is 0.161. The van der Waals surface area contributed by atoms with Gasteiger partial charge in [0, 0.05) is 32.2 Å². The molecule has 27 heavy (non-hydrogen) atoms. The van der Waals surface area contributed by atoms with Gasteiger partial charge in [0.25, 0.3) is 15.7 Å². The van der Waals surface area contributed by atoms with E-state index in [1.807, 2.05) is 0 Å². The van der Waals surface area contributed by atoms with Crippen LogP contribution in [0.1, 0.15) is 0 Å². The van der Waals surface area contributed by atoms with Crippen molar-refractivity contribution in [1.82, 2.24) is 4.31 Å². The fraction of sp³-hybridized carbons (Fsp3) is 0.286. The highest BCUT2D eigenvalue weighted by Gasteiger charge is 2.31. The molecule has 1 aromatic heterocycles. The third kappa shape index (κ3) is 3.96. The lowest BCUT2D eigenvalue weighted by Gasteiger charge is -2.34. The molecule has 13 heteroatoms. The molecule has 0 atom stereocenters. The summed E-state index contributed by atoms with van der Waals surface area (Å²) in [5, 5.41) is 18.1. The molecule has 1 aliphatic rings. The average molecular weight is 433 g/mol. The molecule has 1 aliphatic heterocycles. The maximum atomic E-state index is 12.6. The Morgan fingerprint density at radius 1 is 1.07 bits per heavy atom. The maximum absolute atomic E-state index is 12.6. The van der Waals surface area contributed by atoms with Gasteiger partial charge in [0.1, 0.15) is 9.90 Å². The Labute approximate surface area is 160 Å². The first-order valence-corrected chi connectivity index (χ1v) is 11.6. The van der Waals surface area contributed by atoms with Gasteiger partial charge in [0.05, 0.1) is 9.82 Å². The molecule has 0 saturated carbocycles. The SMILES string of the molecule is NS(=O)(=O)c1ccc(N2CCN(S(=O)(=O)c3cccs3)CC2)c([N+](=O)[O-])c1. The number of thiophene rings is 1. The number of nitro groups is 1. The zero-order valence-corrected chi connectivity index (χ0v) is 16.3. The molecular formula is C14H16N4O6S3. The number of nitro benzene ring substituents is 1. The van der Waals surface area contributed by atoms with Crippen molar-refractivity contribution in [2.45, 2.75) is 9.10 Å². The Hall–Kier alpha value is -2.06. The van der Waals surface area contributed by atoms with Gasteiger partial charge >= 0.3 is 0 Å². The van der Waals surface area contributed by atoms with Crippen molar-refractivity contribution in [3.05, 3.63) is 45.8 Å². The van der Waals surface area contributed by atoms with E-state index in [0.29, 0.717) is 0 Å². The van der Waals surface area contributed by atoms with Crippen molar-refractivity contribution in [1.29, 1.82) is 0 Å². The molecule has 1 saturated heterocycles. The Morgan fingerprint density at radius 3 is 2.26 bits per heavy atom. The van der Waals surface area contributed by atoms with Crippen LogP contribution in [-0.4, -0.2) is 52.2 Å². The molecule has 0 aliphatic carbocycles. The first-order valence-electron chi connectivity index (χ1n) is 7.70. The molecule has 2 aromatic rings. The quantitative estimate of drug-likeness (QED) is 0.544. The molecular weight excluding hydrogens is 416 g/mol. The summed E-state index contributed by atoms with van der Waals surface area (Å²) in [4.78, 5) is 12.0. The molecule has 0 amide bonds. The number of nitrogens with zero attached hydrogens (tertiary/aromatic N) is 3. The van der Waals surface area contributed by atoms with Crippen LogP contribution >= 0.6 is 11.3 Å². The van der Waals surface area contributed by atoms with Gasteiger partial charge in [-0.2, -0.15) is 4.31 Å². The predicted octanol–water partition coefficient (Wildman–Crippen LogP) is 0.815. The summed E-state index contributed by atoms with van der Waals surface area (Å²) in [6.45, 7) is 0.795. The van der Waals surface area contributed by atoms with E-state index >= 15 is 0 Å². The number of piperazine rings is 1. The summed E-state index contributed by atoms with van der Waals surface area (Å²) < 4.78 is 49.5. The van der Waals surface area contributed by atoms with Gasteiger partial charge in [-0.25, -0.2) is 22.0 Å². The van der Waals surface area contributed by atoms with E-state index in [4.69, 9.17) is 5.14 Å². The van der Waals surface area contributed by atoms with Crippen LogP contribution in [0.5, 0.6) is 0 Å². The molecule has 0 unspecified atom stereocenters. The van der Waals surface area contributed by atoms with Crippen molar-refractivity contribution in [3.63, 3.8) is 0 Å². The van der Waals surface area contributed by atoms with Crippen LogP contribution in [0.2, 0.25) is 0 Å². The average Bonchev–Trinajstić information content (AvgIpc) is 3.16. The fourth-order valence-corrected chi connectivity index (χ4v) is 5.90. The Balaban J connectivity index is 1.83. The van der Waals surface area contributed by atoms with Gasteiger partial charge in [0.2, 0.25) is 10.0 Å². The molecule has 0 bridgehead atoms. The minimum atomic E-state index is -4.07. The highest BCUT2D eigenvalue weighted by atomic mass is 32.2. The summed E-state index contributed by atoms with van der Waals surface area (Å²) in [5.74, 6) is 0. The van der Waals surface area contributed by atoms with Crippen LogP contribution in [0.15, 0.2) is 44.8 Å². The molecule has 2 heterocycles. The topological polar surface area (TPSA) is 144 Å². The van der Waals surface area contributed by atoms with Crippen molar-refractivity contribution in [2.75, 3.05) is 31.1 Å². The zero-order valence-electron chi connectivity index (χ0n) is 13.9. The van der Waals surface area contributed by atoms with Crippen LogP contribution in [0.4, 0.5) is 11.4 Å². The third-order valence-corrected chi connectivity index (χ3v) is 8.32. The minimum Gasteiger partial charge on any atom is -0.363 e. The van der Waals surface area contributed by atoms with Crippen molar-refractivity contribution in [2.24, 2.45) is 5.14 Å². The largest absolute Gasteiger partial charge is 0.363 e. The normalized spacial score (nSPS) is 16.4. The summed E-state index contributed by atoms with van der Waals surface area (Å²) in [5.41, 5.74) is -0.170. The van der Waals surface area contributed by atoms with Crippen LogP contribution < -0.4 is 10.0 Å². The van der Waals surface area contributed by atoms with Gasteiger partial charge in [-0.15, -0.1) is 11.3 Å². The van der Waals surface area contributed by atoms with E-state index in [1.165, 1.54) is 22.5 Å². The number of nitrogens with two attached hydrogens (primary N) is 1. The van der Waals surface area contributed by atoms with Gasteiger partial charge in [-0.05, 0) is 23.6 Å². The van der Waals surface area contributed by atoms with E-state index < -0.39 is 30.7 Å². The van der Waals surface area contributed by atoms with Gasteiger partial charge in [0.15, 0.2) is 0 Å². The summed E-state index contributed by atoms with van der Waals surface area (Å²) in [6.07, 6.45) is 0. The number of benzene rings is 1. The maximum Gasteiger partial charge on any atom is 0.293 e. The number of rotatable bonds is 5. The van der Waals surface area contributed by atoms with E-state index in [1.54, 1.807) is 16.3 Å². The molecule has 0 radical (unpaired) electrons. The van der Waals surface area contributed by atoms with Crippen LogP contribution in [0, 0.1) is 10.1 Å². The second-order valence-electron chi connectivity index (χ2n) is 5.78. The second-order valence-corrected chi connectivity index (χ2v) is 10.4. The highest BCUT2D eigenvalue weighted by molar-refractivity contribution is 7.91. The summed E-state index contributed by atoms with van der Waals surface area (Å²) >= 11 is 1.13. The molecule has 3 rings (SSSR count).